The lowest BCUT2D eigenvalue weighted by Crippen LogP contribution is -2.28. The zero-order valence-electron chi connectivity index (χ0n) is 11.0. The molecule has 1 aromatic rings. The molecule has 0 aromatic heterocycles. The minimum absolute atomic E-state index is 0.208. The van der Waals surface area contributed by atoms with Gasteiger partial charge in [-0.2, -0.15) is 8.42 Å². The van der Waals surface area contributed by atoms with Crippen LogP contribution < -0.4 is 0 Å². The Hall–Kier alpha value is -0.870. The zero-order chi connectivity index (χ0) is 13.3. The zero-order valence-corrected chi connectivity index (χ0v) is 11.8. The van der Waals surface area contributed by atoms with Gasteiger partial charge in [-0.1, -0.05) is 38.5 Å². The highest BCUT2D eigenvalue weighted by Crippen LogP contribution is 2.25. The van der Waals surface area contributed by atoms with Crippen LogP contribution >= 0.6 is 0 Å². The van der Waals surface area contributed by atoms with E-state index in [9.17, 15) is 8.42 Å². The molecule has 0 N–H and O–H groups in total. The molecule has 0 fully saturated rings. The summed E-state index contributed by atoms with van der Waals surface area (Å²) in [7, 11) is -3.66. The Morgan fingerprint density at radius 2 is 1.59 bits per heavy atom. The van der Waals surface area contributed by atoms with Crippen LogP contribution in [0.25, 0.3) is 0 Å². The van der Waals surface area contributed by atoms with Crippen LogP contribution in [0.5, 0.6) is 0 Å². The van der Waals surface area contributed by atoms with E-state index in [4.69, 9.17) is 4.18 Å². The maximum absolute atomic E-state index is 12.0. The Bertz CT molecular complexity index is 466. The van der Waals surface area contributed by atoms with Gasteiger partial charge >= 0.3 is 0 Å². The monoisotopic (exact) mass is 256 g/mol. The lowest BCUT2D eigenvalue weighted by Gasteiger charge is -2.26. The molecule has 0 aliphatic carbocycles. The second kappa shape index (κ2) is 4.78. The van der Waals surface area contributed by atoms with E-state index < -0.39 is 10.1 Å². The van der Waals surface area contributed by atoms with Crippen LogP contribution in [0, 0.1) is 12.3 Å². The molecule has 0 heterocycles. The van der Waals surface area contributed by atoms with Gasteiger partial charge in [-0.25, -0.2) is 0 Å². The molecule has 17 heavy (non-hydrogen) atoms. The van der Waals surface area contributed by atoms with Crippen molar-refractivity contribution in [2.75, 3.05) is 0 Å². The van der Waals surface area contributed by atoms with Crippen molar-refractivity contribution in [2.24, 2.45) is 5.41 Å². The van der Waals surface area contributed by atoms with E-state index in [0.29, 0.717) is 0 Å². The van der Waals surface area contributed by atoms with Crippen LogP contribution in [0.3, 0.4) is 0 Å². The van der Waals surface area contributed by atoms with E-state index in [1.807, 2.05) is 27.7 Å². The average Bonchev–Trinajstić information content (AvgIpc) is 2.16. The summed E-state index contributed by atoms with van der Waals surface area (Å²) < 4.78 is 29.2. The summed E-state index contributed by atoms with van der Waals surface area (Å²) in [4.78, 5) is 0.208. The number of aryl methyl sites for hydroxylation is 1. The molecule has 96 valence electrons. The Labute approximate surface area is 104 Å². The maximum atomic E-state index is 12.0. The Balaban J connectivity index is 2.94. The van der Waals surface area contributed by atoms with Gasteiger partial charge in [-0.3, -0.25) is 4.18 Å². The van der Waals surface area contributed by atoms with E-state index in [-0.39, 0.29) is 16.4 Å². The predicted octanol–water partition coefficient (Wildman–Crippen LogP) is 3.13. The van der Waals surface area contributed by atoms with Gasteiger partial charge in [0.15, 0.2) is 0 Å². The summed E-state index contributed by atoms with van der Waals surface area (Å²) in [6, 6.07) is 6.66. The van der Waals surface area contributed by atoms with E-state index in [0.717, 1.165) is 5.56 Å². The fourth-order valence-electron chi connectivity index (χ4n) is 1.09. The van der Waals surface area contributed by atoms with Crippen molar-refractivity contribution >= 4 is 10.1 Å². The van der Waals surface area contributed by atoms with E-state index in [1.54, 1.807) is 31.2 Å². The van der Waals surface area contributed by atoms with Gasteiger partial charge in [0.05, 0.1) is 11.0 Å². The van der Waals surface area contributed by atoms with E-state index in [2.05, 4.69) is 0 Å². The van der Waals surface area contributed by atoms with Crippen molar-refractivity contribution in [1.82, 2.24) is 0 Å². The lowest BCUT2D eigenvalue weighted by molar-refractivity contribution is 0.110. The predicted molar refractivity (Wildman–Crippen MR) is 68.4 cm³/mol. The molecule has 3 nitrogen and oxygen atoms in total. The molecule has 0 aliphatic heterocycles. The van der Waals surface area contributed by atoms with Crippen molar-refractivity contribution in [3.8, 4) is 0 Å². The van der Waals surface area contributed by atoms with Gasteiger partial charge in [-0.05, 0) is 31.4 Å². The first kappa shape index (κ1) is 14.2. The van der Waals surface area contributed by atoms with E-state index >= 15 is 0 Å². The van der Waals surface area contributed by atoms with Crippen molar-refractivity contribution < 1.29 is 12.6 Å². The molecule has 0 radical (unpaired) electrons. The highest BCUT2D eigenvalue weighted by Gasteiger charge is 2.27. The molecule has 0 saturated carbocycles. The fourth-order valence-corrected chi connectivity index (χ4v) is 2.34. The summed E-state index contributed by atoms with van der Waals surface area (Å²) in [5.41, 5.74) is 0.811. The molecule has 1 rings (SSSR count). The van der Waals surface area contributed by atoms with Crippen molar-refractivity contribution in [3.63, 3.8) is 0 Å². The second-order valence-corrected chi connectivity index (χ2v) is 6.94. The molecule has 0 saturated heterocycles. The van der Waals surface area contributed by atoms with Crippen LogP contribution in [-0.2, 0) is 14.3 Å². The van der Waals surface area contributed by atoms with E-state index in [1.165, 1.54) is 0 Å². The highest BCUT2D eigenvalue weighted by molar-refractivity contribution is 7.86. The highest BCUT2D eigenvalue weighted by atomic mass is 32.2. The Morgan fingerprint density at radius 1 is 1.12 bits per heavy atom. The quantitative estimate of drug-likeness (QED) is 0.780. The standard InChI is InChI=1S/C13H20O3S/c1-10-6-8-12(9-7-10)17(14,15)16-11(2)13(3,4)5/h6-9,11H,1-5H3. The first-order chi connectivity index (χ1) is 7.63. The largest absolute Gasteiger partial charge is 0.297 e. The number of benzene rings is 1. The van der Waals surface area contributed by atoms with Crippen LogP contribution in [0.15, 0.2) is 29.2 Å². The molecular formula is C13H20O3S. The normalized spacial score (nSPS) is 14.6. The van der Waals surface area contributed by atoms with Gasteiger partial charge in [0, 0.05) is 0 Å². The Morgan fingerprint density at radius 3 is 2.00 bits per heavy atom. The molecule has 4 heteroatoms. The smallest absolute Gasteiger partial charge is 0.263 e. The van der Waals surface area contributed by atoms with Gasteiger partial charge in [0.1, 0.15) is 0 Å². The average molecular weight is 256 g/mol. The third-order valence-corrected chi connectivity index (χ3v) is 4.19. The number of hydrogen-bond donors (Lipinski definition) is 0. The number of rotatable bonds is 3. The molecule has 1 unspecified atom stereocenters. The summed E-state index contributed by atoms with van der Waals surface area (Å²) in [5, 5.41) is 0. The first-order valence-corrected chi connectivity index (χ1v) is 7.04. The molecule has 1 aromatic carbocycles. The molecule has 0 aliphatic rings. The summed E-state index contributed by atoms with van der Waals surface area (Å²) >= 11 is 0. The SMILES string of the molecule is Cc1ccc(S(=O)(=O)OC(C)C(C)(C)C)cc1. The van der Waals surface area contributed by atoms with Gasteiger partial charge < -0.3 is 0 Å². The fraction of sp³-hybridized carbons (Fsp3) is 0.538. The van der Waals surface area contributed by atoms with Crippen molar-refractivity contribution in [2.45, 2.75) is 45.6 Å². The van der Waals surface area contributed by atoms with Crippen LogP contribution in [0.4, 0.5) is 0 Å². The molecular weight excluding hydrogens is 236 g/mol. The van der Waals surface area contributed by atoms with Crippen LogP contribution in [0.2, 0.25) is 0 Å². The third kappa shape index (κ3) is 3.82. The number of hydrogen-bond acceptors (Lipinski definition) is 3. The molecule has 0 amide bonds. The lowest BCUT2D eigenvalue weighted by atomic mass is 9.91. The van der Waals surface area contributed by atoms with Crippen LogP contribution in [0.1, 0.15) is 33.3 Å². The first-order valence-electron chi connectivity index (χ1n) is 5.63. The second-order valence-electron chi connectivity index (χ2n) is 5.37. The molecule has 0 spiro atoms. The minimum Gasteiger partial charge on any atom is -0.263 e. The van der Waals surface area contributed by atoms with Crippen molar-refractivity contribution in [1.29, 1.82) is 0 Å². The van der Waals surface area contributed by atoms with Gasteiger partial charge in [0.2, 0.25) is 0 Å². The van der Waals surface area contributed by atoms with Crippen LogP contribution in [-0.4, -0.2) is 14.5 Å². The molecule has 1 atom stereocenters. The molecule has 0 bridgehead atoms. The summed E-state index contributed by atoms with van der Waals surface area (Å²) in [5.74, 6) is 0. The Kier molecular flexibility index (Phi) is 3.99. The minimum atomic E-state index is -3.66. The maximum Gasteiger partial charge on any atom is 0.297 e. The topological polar surface area (TPSA) is 43.4 Å². The summed E-state index contributed by atoms with van der Waals surface area (Å²) in [6.45, 7) is 9.52. The third-order valence-electron chi connectivity index (χ3n) is 2.80. The summed E-state index contributed by atoms with van der Waals surface area (Å²) in [6.07, 6.45) is -0.367. The van der Waals surface area contributed by atoms with Gasteiger partial charge in [-0.15, -0.1) is 0 Å². The van der Waals surface area contributed by atoms with Crippen molar-refractivity contribution in [3.05, 3.63) is 29.8 Å². The van der Waals surface area contributed by atoms with Gasteiger partial charge in [0.25, 0.3) is 10.1 Å².